The van der Waals surface area contributed by atoms with E-state index < -0.39 is 11.9 Å². The Morgan fingerprint density at radius 2 is 2.00 bits per heavy atom. The van der Waals surface area contributed by atoms with E-state index in [9.17, 15) is 14.7 Å². The molecule has 0 bridgehead atoms. The van der Waals surface area contributed by atoms with Crippen molar-refractivity contribution in [2.75, 3.05) is 6.54 Å². The van der Waals surface area contributed by atoms with Crippen LogP contribution in [0.3, 0.4) is 0 Å². The molecule has 2 unspecified atom stereocenters. The van der Waals surface area contributed by atoms with Gasteiger partial charge in [-0.1, -0.05) is 19.1 Å². The van der Waals surface area contributed by atoms with Gasteiger partial charge in [0.1, 0.15) is 0 Å². The molecular weight excluding hydrogens is 242 g/mol. The zero-order valence-electron chi connectivity index (χ0n) is 11.5. The fraction of sp³-hybridized carbons (Fsp3) is 0.733. The van der Waals surface area contributed by atoms with Crippen molar-refractivity contribution < 1.29 is 14.7 Å². The summed E-state index contributed by atoms with van der Waals surface area (Å²) in [5.74, 6) is -0.894. The first-order valence-corrected chi connectivity index (χ1v) is 7.23. The molecule has 1 saturated carbocycles. The maximum absolute atomic E-state index is 12.2. The molecule has 4 atom stereocenters. The Morgan fingerprint density at radius 3 is 2.63 bits per heavy atom. The van der Waals surface area contributed by atoms with Gasteiger partial charge in [-0.15, -0.1) is 0 Å². The van der Waals surface area contributed by atoms with Crippen molar-refractivity contribution in [3.8, 4) is 0 Å². The molecule has 1 fully saturated rings. The molecule has 2 N–H and O–H groups in total. The highest BCUT2D eigenvalue weighted by molar-refractivity contribution is 5.85. The van der Waals surface area contributed by atoms with Crippen molar-refractivity contribution in [1.82, 2.24) is 5.32 Å². The minimum Gasteiger partial charge on any atom is -0.481 e. The van der Waals surface area contributed by atoms with Gasteiger partial charge in [0.15, 0.2) is 0 Å². The highest BCUT2D eigenvalue weighted by Gasteiger charge is 2.41. The van der Waals surface area contributed by atoms with Gasteiger partial charge >= 0.3 is 5.97 Å². The lowest BCUT2D eigenvalue weighted by Crippen LogP contribution is -2.37. The Balaban J connectivity index is 1.84. The van der Waals surface area contributed by atoms with Crippen molar-refractivity contribution in [1.29, 1.82) is 0 Å². The van der Waals surface area contributed by atoms with E-state index in [0.717, 1.165) is 19.3 Å². The van der Waals surface area contributed by atoms with E-state index in [0.29, 0.717) is 31.2 Å². The number of carboxylic acids is 1. The maximum Gasteiger partial charge on any atom is 0.307 e. The molecule has 19 heavy (non-hydrogen) atoms. The van der Waals surface area contributed by atoms with Crippen LogP contribution in [-0.2, 0) is 9.59 Å². The molecule has 0 spiro atoms. The van der Waals surface area contributed by atoms with Crippen LogP contribution in [0.2, 0.25) is 0 Å². The number of amides is 1. The molecule has 2 aliphatic carbocycles. The summed E-state index contributed by atoms with van der Waals surface area (Å²) in [5, 5.41) is 12.1. The van der Waals surface area contributed by atoms with E-state index in [4.69, 9.17) is 0 Å². The molecule has 4 nitrogen and oxygen atoms in total. The van der Waals surface area contributed by atoms with Crippen molar-refractivity contribution in [2.45, 2.75) is 39.0 Å². The number of allylic oxidation sites excluding steroid dienone is 2. The van der Waals surface area contributed by atoms with E-state index in [1.54, 1.807) is 0 Å². The third kappa shape index (κ3) is 3.58. The van der Waals surface area contributed by atoms with Crippen molar-refractivity contribution >= 4 is 11.9 Å². The zero-order chi connectivity index (χ0) is 13.8. The van der Waals surface area contributed by atoms with E-state index in [2.05, 4.69) is 17.5 Å². The highest BCUT2D eigenvalue weighted by atomic mass is 16.4. The van der Waals surface area contributed by atoms with Crippen LogP contribution < -0.4 is 5.32 Å². The molecule has 106 valence electrons. The van der Waals surface area contributed by atoms with Crippen molar-refractivity contribution in [3.63, 3.8) is 0 Å². The smallest absolute Gasteiger partial charge is 0.307 e. The minimum absolute atomic E-state index is 0.0636. The topological polar surface area (TPSA) is 66.4 Å². The van der Waals surface area contributed by atoms with E-state index in [1.807, 2.05) is 6.92 Å². The molecule has 0 heterocycles. The maximum atomic E-state index is 12.2. The average Bonchev–Trinajstić information content (AvgIpc) is 2.79. The van der Waals surface area contributed by atoms with Crippen LogP contribution in [0, 0.1) is 23.7 Å². The Hall–Kier alpha value is -1.32. The summed E-state index contributed by atoms with van der Waals surface area (Å²) in [6.45, 7) is 2.70. The largest absolute Gasteiger partial charge is 0.481 e. The summed E-state index contributed by atoms with van der Waals surface area (Å²) in [6, 6.07) is 0. The number of hydrogen-bond donors (Lipinski definition) is 2. The van der Waals surface area contributed by atoms with Crippen LogP contribution in [0.4, 0.5) is 0 Å². The molecule has 2 aliphatic rings. The number of aliphatic carboxylic acids is 1. The standard InChI is InChI=1S/C15H23NO3/c1-10-7-12(13(8-10)15(18)19)14(17)16-9-11-5-3-2-4-6-11/h2-3,10-13H,4-9H2,1H3,(H,16,17)(H,18,19)/t10?,11?,12-,13+/m0/s1. The van der Waals surface area contributed by atoms with Crippen LogP contribution in [-0.4, -0.2) is 23.5 Å². The summed E-state index contributed by atoms with van der Waals surface area (Å²) in [4.78, 5) is 23.3. The summed E-state index contributed by atoms with van der Waals surface area (Å²) in [7, 11) is 0. The number of nitrogens with one attached hydrogen (secondary N) is 1. The van der Waals surface area contributed by atoms with Gasteiger partial charge in [-0.3, -0.25) is 9.59 Å². The second kappa shape index (κ2) is 6.22. The lowest BCUT2D eigenvalue weighted by Gasteiger charge is -2.21. The first kappa shape index (κ1) is 14.1. The van der Waals surface area contributed by atoms with Crippen LogP contribution in [0.25, 0.3) is 0 Å². The van der Waals surface area contributed by atoms with Gasteiger partial charge in [-0.05, 0) is 43.9 Å². The molecule has 0 aromatic carbocycles. The van der Waals surface area contributed by atoms with Crippen LogP contribution in [0.5, 0.6) is 0 Å². The third-order valence-electron chi connectivity index (χ3n) is 4.39. The summed E-state index contributed by atoms with van der Waals surface area (Å²) in [6.07, 6.45) is 8.88. The number of carboxylic acid groups (broad SMARTS) is 1. The predicted octanol–water partition coefficient (Wildman–Crippen LogP) is 2.21. The summed E-state index contributed by atoms with van der Waals surface area (Å²) >= 11 is 0. The normalized spacial score (nSPS) is 34.2. The second-order valence-corrected chi connectivity index (χ2v) is 6.02. The predicted molar refractivity (Wildman–Crippen MR) is 72.5 cm³/mol. The lowest BCUT2D eigenvalue weighted by atomic mass is 9.92. The summed E-state index contributed by atoms with van der Waals surface area (Å²) in [5.41, 5.74) is 0. The number of carbonyl (C=O) groups excluding carboxylic acids is 1. The SMILES string of the molecule is CC1C[C@H](C(=O)NCC2CC=CCC2)[C@H](C(=O)O)C1. The molecule has 0 aromatic heterocycles. The number of rotatable bonds is 4. The van der Waals surface area contributed by atoms with Crippen molar-refractivity contribution in [2.24, 2.45) is 23.7 Å². The molecule has 0 aliphatic heterocycles. The molecule has 0 radical (unpaired) electrons. The molecule has 4 heteroatoms. The molecule has 0 saturated heterocycles. The lowest BCUT2D eigenvalue weighted by molar-refractivity contribution is -0.146. The van der Waals surface area contributed by atoms with Gasteiger partial charge in [0.2, 0.25) is 5.91 Å². The quantitative estimate of drug-likeness (QED) is 0.766. The summed E-state index contributed by atoms with van der Waals surface area (Å²) < 4.78 is 0. The Morgan fingerprint density at radius 1 is 1.26 bits per heavy atom. The zero-order valence-corrected chi connectivity index (χ0v) is 11.5. The monoisotopic (exact) mass is 265 g/mol. The number of carbonyl (C=O) groups is 2. The van der Waals surface area contributed by atoms with Gasteiger partial charge in [-0.2, -0.15) is 0 Å². The van der Waals surface area contributed by atoms with E-state index >= 15 is 0 Å². The molecular formula is C15H23NO3. The van der Waals surface area contributed by atoms with E-state index in [-0.39, 0.29) is 11.8 Å². The molecule has 1 amide bonds. The van der Waals surface area contributed by atoms with Crippen LogP contribution >= 0.6 is 0 Å². The highest BCUT2D eigenvalue weighted by Crippen LogP contribution is 2.36. The van der Waals surface area contributed by atoms with Crippen LogP contribution in [0.1, 0.15) is 39.0 Å². The molecule has 0 aromatic rings. The Bertz CT molecular complexity index is 378. The van der Waals surface area contributed by atoms with Gasteiger partial charge in [0, 0.05) is 6.54 Å². The Labute approximate surface area is 114 Å². The first-order chi connectivity index (χ1) is 9.08. The average molecular weight is 265 g/mol. The fourth-order valence-electron chi connectivity index (χ4n) is 3.27. The molecule has 2 rings (SSSR count). The van der Waals surface area contributed by atoms with Crippen LogP contribution in [0.15, 0.2) is 12.2 Å². The van der Waals surface area contributed by atoms with E-state index in [1.165, 1.54) is 0 Å². The van der Waals surface area contributed by atoms with Crippen molar-refractivity contribution in [3.05, 3.63) is 12.2 Å². The number of hydrogen-bond acceptors (Lipinski definition) is 2. The second-order valence-electron chi connectivity index (χ2n) is 6.02. The fourth-order valence-corrected chi connectivity index (χ4v) is 3.27. The van der Waals surface area contributed by atoms with Gasteiger partial charge in [-0.25, -0.2) is 0 Å². The minimum atomic E-state index is -0.829. The van der Waals surface area contributed by atoms with Gasteiger partial charge in [0.05, 0.1) is 11.8 Å². The Kier molecular flexibility index (Phi) is 4.61. The first-order valence-electron chi connectivity index (χ1n) is 7.23. The van der Waals surface area contributed by atoms with Gasteiger partial charge in [0.25, 0.3) is 0 Å². The van der Waals surface area contributed by atoms with Gasteiger partial charge < -0.3 is 10.4 Å². The third-order valence-corrected chi connectivity index (χ3v) is 4.39.